The number of nitrogens with zero attached hydrogens (tertiary/aromatic N) is 2. The average molecular weight is 337 g/mol. The Balaban J connectivity index is 1.93. The van der Waals surface area contributed by atoms with Crippen molar-refractivity contribution in [2.45, 2.75) is 33.1 Å². The molecule has 1 atom stereocenters. The summed E-state index contributed by atoms with van der Waals surface area (Å²) in [5.41, 5.74) is 0. The summed E-state index contributed by atoms with van der Waals surface area (Å²) in [6, 6.07) is 4.22. The van der Waals surface area contributed by atoms with Gasteiger partial charge in [-0.2, -0.15) is 0 Å². The molecule has 1 fully saturated rings. The summed E-state index contributed by atoms with van der Waals surface area (Å²) in [6.07, 6.45) is 2.87. The number of hydrogen-bond donors (Lipinski definition) is 1. The molecule has 0 saturated carbocycles. The molecule has 2 rings (SSSR count). The largest absolute Gasteiger partial charge is 0.466 e. The number of guanidine groups is 1. The quantitative estimate of drug-likeness (QED) is 0.492. The summed E-state index contributed by atoms with van der Waals surface area (Å²) in [5, 5.41) is 5.45. The SMILES string of the molecule is CCNC(=NCCc1cccs1)N1CCCC(C(=O)OCC)C1. The predicted molar refractivity (Wildman–Crippen MR) is 94.9 cm³/mol. The lowest BCUT2D eigenvalue weighted by Gasteiger charge is -2.34. The molecule has 2 heterocycles. The average Bonchev–Trinajstić information content (AvgIpc) is 3.08. The molecule has 1 aliphatic heterocycles. The maximum Gasteiger partial charge on any atom is 0.310 e. The molecular formula is C17H27N3O2S. The fourth-order valence-electron chi connectivity index (χ4n) is 2.77. The van der Waals surface area contributed by atoms with Crippen molar-refractivity contribution in [3.05, 3.63) is 22.4 Å². The van der Waals surface area contributed by atoms with Crippen LogP contribution in [0.15, 0.2) is 22.5 Å². The number of likely N-dealkylation sites (tertiary alicyclic amines) is 1. The molecule has 0 bridgehead atoms. The van der Waals surface area contributed by atoms with Gasteiger partial charge in [0.2, 0.25) is 0 Å². The van der Waals surface area contributed by atoms with Gasteiger partial charge in [0.05, 0.1) is 12.5 Å². The first kappa shape index (κ1) is 17.8. The first-order valence-electron chi connectivity index (χ1n) is 8.46. The van der Waals surface area contributed by atoms with Crippen molar-refractivity contribution in [2.75, 3.05) is 32.8 Å². The van der Waals surface area contributed by atoms with Gasteiger partial charge in [-0.05, 0) is 38.1 Å². The van der Waals surface area contributed by atoms with E-state index in [0.717, 1.165) is 44.9 Å². The number of carbonyl (C=O) groups is 1. The van der Waals surface area contributed by atoms with E-state index in [9.17, 15) is 4.79 Å². The van der Waals surface area contributed by atoms with Gasteiger partial charge in [0.15, 0.2) is 5.96 Å². The summed E-state index contributed by atoms with van der Waals surface area (Å²) in [4.78, 5) is 20.3. The lowest BCUT2D eigenvalue weighted by molar-refractivity contribution is -0.149. The molecule has 0 aliphatic carbocycles. The number of rotatable bonds is 6. The first-order valence-corrected chi connectivity index (χ1v) is 9.34. The highest BCUT2D eigenvalue weighted by molar-refractivity contribution is 7.09. The van der Waals surface area contributed by atoms with Gasteiger partial charge in [0, 0.05) is 37.5 Å². The lowest BCUT2D eigenvalue weighted by atomic mass is 9.98. The molecule has 1 aromatic rings. The highest BCUT2D eigenvalue weighted by Crippen LogP contribution is 2.18. The van der Waals surface area contributed by atoms with Gasteiger partial charge in [0.1, 0.15) is 0 Å². The molecule has 0 amide bonds. The van der Waals surface area contributed by atoms with Gasteiger partial charge in [-0.1, -0.05) is 6.07 Å². The molecule has 128 valence electrons. The zero-order valence-electron chi connectivity index (χ0n) is 14.1. The smallest absolute Gasteiger partial charge is 0.310 e. The number of hydrogen-bond acceptors (Lipinski definition) is 4. The second-order valence-electron chi connectivity index (χ2n) is 5.60. The fourth-order valence-corrected chi connectivity index (χ4v) is 3.47. The van der Waals surface area contributed by atoms with Gasteiger partial charge in [-0.3, -0.25) is 9.79 Å². The minimum atomic E-state index is -0.0772. The summed E-state index contributed by atoms with van der Waals surface area (Å²) < 4.78 is 5.17. The van der Waals surface area contributed by atoms with Crippen LogP contribution in [0.4, 0.5) is 0 Å². The van der Waals surface area contributed by atoms with Crippen molar-refractivity contribution in [1.29, 1.82) is 0 Å². The lowest BCUT2D eigenvalue weighted by Crippen LogP contribution is -2.48. The Hall–Kier alpha value is -1.56. The zero-order valence-corrected chi connectivity index (χ0v) is 14.9. The normalized spacial score (nSPS) is 18.8. The maximum absolute atomic E-state index is 12.0. The van der Waals surface area contributed by atoms with Crippen LogP contribution < -0.4 is 5.32 Å². The van der Waals surface area contributed by atoms with Crippen LogP contribution in [-0.2, 0) is 16.0 Å². The summed E-state index contributed by atoms with van der Waals surface area (Å²) in [6.45, 7) is 7.62. The molecule has 1 unspecified atom stereocenters. The molecule has 1 aliphatic rings. The number of nitrogens with one attached hydrogen (secondary N) is 1. The van der Waals surface area contributed by atoms with Crippen LogP contribution in [0.5, 0.6) is 0 Å². The van der Waals surface area contributed by atoms with Gasteiger partial charge in [-0.25, -0.2) is 0 Å². The van der Waals surface area contributed by atoms with E-state index >= 15 is 0 Å². The Morgan fingerprint density at radius 2 is 2.39 bits per heavy atom. The first-order chi connectivity index (χ1) is 11.2. The van der Waals surface area contributed by atoms with E-state index in [1.54, 1.807) is 11.3 Å². The monoisotopic (exact) mass is 337 g/mol. The van der Waals surface area contributed by atoms with E-state index in [0.29, 0.717) is 13.2 Å². The van der Waals surface area contributed by atoms with Crippen molar-refractivity contribution in [3.63, 3.8) is 0 Å². The highest BCUT2D eigenvalue weighted by Gasteiger charge is 2.28. The molecule has 0 aromatic carbocycles. The van der Waals surface area contributed by atoms with Gasteiger partial charge < -0.3 is 15.0 Å². The number of piperidine rings is 1. The van der Waals surface area contributed by atoms with E-state index in [4.69, 9.17) is 9.73 Å². The Labute approximate surface area is 142 Å². The van der Waals surface area contributed by atoms with Crippen molar-refractivity contribution in [3.8, 4) is 0 Å². The van der Waals surface area contributed by atoms with Gasteiger partial charge >= 0.3 is 5.97 Å². The molecule has 0 spiro atoms. The Bertz CT molecular complexity index is 502. The fraction of sp³-hybridized carbons (Fsp3) is 0.647. The molecule has 0 radical (unpaired) electrons. The van der Waals surface area contributed by atoms with Crippen molar-refractivity contribution in [1.82, 2.24) is 10.2 Å². The van der Waals surface area contributed by atoms with Crippen molar-refractivity contribution < 1.29 is 9.53 Å². The molecule has 1 aromatic heterocycles. The van der Waals surface area contributed by atoms with Crippen LogP contribution in [0.3, 0.4) is 0 Å². The van der Waals surface area contributed by atoms with Crippen molar-refractivity contribution in [2.24, 2.45) is 10.9 Å². The van der Waals surface area contributed by atoms with Crippen LogP contribution in [-0.4, -0.2) is 49.6 Å². The number of ether oxygens (including phenoxy) is 1. The maximum atomic E-state index is 12.0. The minimum absolute atomic E-state index is 0.0372. The summed E-state index contributed by atoms with van der Waals surface area (Å²) in [5.74, 6) is 0.801. The molecular weight excluding hydrogens is 310 g/mol. The molecule has 1 saturated heterocycles. The predicted octanol–water partition coefficient (Wildman–Crippen LogP) is 2.53. The number of carbonyl (C=O) groups excluding carboxylic acids is 1. The highest BCUT2D eigenvalue weighted by atomic mass is 32.1. The molecule has 6 heteroatoms. The standard InChI is InChI=1S/C17H27N3O2S/c1-3-18-17(19-10-9-15-8-6-12-23-15)20-11-5-7-14(13-20)16(21)22-4-2/h6,8,12,14H,3-5,7,9-11,13H2,1-2H3,(H,18,19). The second-order valence-corrected chi connectivity index (χ2v) is 6.63. The molecule has 5 nitrogen and oxygen atoms in total. The van der Waals surface area contributed by atoms with Crippen LogP contribution in [0.2, 0.25) is 0 Å². The summed E-state index contributed by atoms with van der Waals surface area (Å²) >= 11 is 1.77. The van der Waals surface area contributed by atoms with Crippen LogP contribution in [0.25, 0.3) is 0 Å². The van der Waals surface area contributed by atoms with E-state index in [1.807, 2.05) is 6.92 Å². The number of esters is 1. The molecule has 1 N–H and O–H groups in total. The van der Waals surface area contributed by atoms with E-state index < -0.39 is 0 Å². The minimum Gasteiger partial charge on any atom is -0.466 e. The van der Waals surface area contributed by atoms with E-state index in [2.05, 4.69) is 34.7 Å². The number of aliphatic imine (C=N–C) groups is 1. The summed E-state index contributed by atoms with van der Waals surface area (Å²) in [7, 11) is 0. The third-order valence-electron chi connectivity index (χ3n) is 3.88. The van der Waals surface area contributed by atoms with Gasteiger partial charge in [0.25, 0.3) is 0 Å². The van der Waals surface area contributed by atoms with Crippen molar-refractivity contribution >= 4 is 23.3 Å². The van der Waals surface area contributed by atoms with E-state index in [1.165, 1.54) is 4.88 Å². The Kier molecular flexibility index (Phi) is 7.39. The third kappa shape index (κ3) is 5.53. The molecule has 23 heavy (non-hydrogen) atoms. The van der Waals surface area contributed by atoms with E-state index in [-0.39, 0.29) is 11.9 Å². The second kappa shape index (κ2) is 9.55. The Morgan fingerprint density at radius 3 is 3.09 bits per heavy atom. The topological polar surface area (TPSA) is 53.9 Å². The van der Waals surface area contributed by atoms with Gasteiger partial charge in [-0.15, -0.1) is 11.3 Å². The number of thiophene rings is 1. The Morgan fingerprint density at radius 1 is 1.52 bits per heavy atom. The van der Waals surface area contributed by atoms with Crippen LogP contribution >= 0.6 is 11.3 Å². The third-order valence-corrected chi connectivity index (χ3v) is 4.81. The zero-order chi connectivity index (χ0) is 16.5. The van der Waals surface area contributed by atoms with Crippen LogP contribution in [0, 0.1) is 5.92 Å². The van der Waals surface area contributed by atoms with Crippen LogP contribution in [0.1, 0.15) is 31.6 Å².